The second-order valence-corrected chi connectivity index (χ2v) is 9.91. The lowest BCUT2D eigenvalue weighted by atomic mass is 9.79. The first-order chi connectivity index (χ1) is 12.5. The lowest BCUT2D eigenvalue weighted by molar-refractivity contribution is 0.101. The molecule has 0 unspecified atom stereocenters. The largest absolute Gasteiger partial charge is 0.497 e. The van der Waals surface area contributed by atoms with Crippen LogP contribution < -0.4 is 14.8 Å². The van der Waals surface area contributed by atoms with Crippen LogP contribution in [0.5, 0.6) is 11.5 Å². The molecule has 4 heteroatoms. The predicted molar refractivity (Wildman–Crippen MR) is 112 cm³/mol. The third-order valence-corrected chi connectivity index (χ3v) is 5.33. The topological polar surface area (TPSA) is 50.7 Å². The highest BCUT2D eigenvalue weighted by atomic mass is 16.5. The van der Waals surface area contributed by atoms with Gasteiger partial charge < -0.3 is 19.9 Å². The second-order valence-electron chi connectivity index (χ2n) is 9.91. The molecular weight excluding hydrogens is 338 g/mol. The smallest absolute Gasteiger partial charge is 0.127 e. The standard InChI is InChI=1S/C23H39NO3/c1-22(2,3)19-12-18(26-7)13-20(23(4,5)6)21(19)27-15-17(25)14-24-16-10-8-9-11-16/h12-13,16-17,24-25H,8-11,14-15H2,1-7H3/t17-/m1/s1. The van der Waals surface area contributed by atoms with Gasteiger partial charge in [0, 0.05) is 23.7 Å². The first kappa shape index (κ1) is 22.0. The Bertz CT molecular complexity index is 572. The summed E-state index contributed by atoms with van der Waals surface area (Å²) >= 11 is 0. The molecule has 1 aromatic rings. The van der Waals surface area contributed by atoms with Crippen LogP contribution in [-0.4, -0.2) is 37.5 Å². The zero-order valence-corrected chi connectivity index (χ0v) is 18.3. The van der Waals surface area contributed by atoms with Gasteiger partial charge in [-0.1, -0.05) is 54.4 Å². The first-order valence-electron chi connectivity index (χ1n) is 10.3. The minimum Gasteiger partial charge on any atom is -0.497 e. The Morgan fingerprint density at radius 2 is 1.56 bits per heavy atom. The van der Waals surface area contributed by atoms with E-state index in [9.17, 15) is 5.11 Å². The summed E-state index contributed by atoms with van der Waals surface area (Å²) in [6.07, 6.45) is 4.50. The Morgan fingerprint density at radius 3 is 2.00 bits per heavy atom. The van der Waals surface area contributed by atoms with E-state index in [-0.39, 0.29) is 17.4 Å². The molecule has 0 heterocycles. The van der Waals surface area contributed by atoms with Gasteiger partial charge in [0.1, 0.15) is 24.2 Å². The van der Waals surface area contributed by atoms with E-state index in [1.54, 1.807) is 7.11 Å². The van der Waals surface area contributed by atoms with Crippen LogP contribution in [0, 0.1) is 0 Å². The van der Waals surface area contributed by atoms with Gasteiger partial charge in [-0.05, 0) is 35.8 Å². The zero-order chi connectivity index (χ0) is 20.2. The molecule has 1 saturated carbocycles. The van der Waals surface area contributed by atoms with Crippen LogP contribution in [0.2, 0.25) is 0 Å². The van der Waals surface area contributed by atoms with Crippen molar-refractivity contribution in [2.75, 3.05) is 20.3 Å². The molecule has 0 radical (unpaired) electrons. The average molecular weight is 378 g/mol. The van der Waals surface area contributed by atoms with E-state index in [1.807, 2.05) is 0 Å². The molecule has 4 nitrogen and oxygen atoms in total. The SMILES string of the molecule is COc1cc(C(C)(C)C)c(OC[C@H](O)CNC2CCCC2)c(C(C)(C)C)c1. The van der Waals surface area contributed by atoms with Crippen molar-refractivity contribution in [2.24, 2.45) is 0 Å². The quantitative estimate of drug-likeness (QED) is 0.731. The predicted octanol–water partition coefficient (Wildman–Crippen LogP) is 4.56. The summed E-state index contributed by atoms with van der Waals surface area (Å²) in [6.45, 7) is 13.9. The van der Waals surface area contributed by atoms with E-state index in [0.717, 1.165) is 22.6 Å². The van der Waals surface area contributed by atoms with Gasteiger partial charge in [-0.25, -0.2) is 0 Å². The zero-order valence-electron chi connectivity index (χ0n) is 18.3. The number of hydrogen-bond donors (Lipinski definition) is 2. The minimum absolute atomic E-state index is 0.0864. The molecule has 2 rings (SSSR count). The van der Waals surface area contributed by atoms with Crippen molar-refractivity contribution in [3.63, 3.8) is 0 Å². The van der Waals surface area contributed by atoms with E-state index in [1.165, 1.54) is 25.7 Å². The Labute approximate surface area is 165 Å². The molecular formula is C23H39NO3. The molecule has 0 aliphatic heterocycles. The molecule has 2 N–H and O–H groups in total. The number of methoxy groups -OCH3 is 1. The maximum absolute atomic E-state index is 10.4. The lowest BCUT2D eigenvalue weighted by Crippen LogP contribution is -2.37. The summed E-state index contributed by atoms with van der Waals surface area (Å²) in [6, 6.07) is 4.68. The van der Waals surface area contributed by atoms with E-state index in [4.69, 9.17) is 9.47 Å². The number of benzene rings is 1. The molecule has 0 spiro atoms. The van der Waals surface area contributed by atoms with Crippen LogP contribution in [0.4, 0.5) is 0 Å². The van der Waals surface area contributed by atoms with Crippen LogP contribution in [0.25, 0.3) is 0 Å². The highest BCUT2D eigenvalue weighted by Crippen LogP contribution is 2.42. The average Bonchev–Trinajstić information content (AvgIpc) is 3.09. The van der Waals surface area contributed by atoms with Gasteiger partial charge >= 0.3 is 0 Å². The highest BCUT2D eigenvalue weighted by Gasteiger charge is 2.28. The molecule has 1 aliphatic carbocycles. The Hall–Kier alpha value is -1.26. The molecule has 0 aromatic heterocycles. The number of aliphatic hydroxyl groups excluding tert-OH is 1. The monoisotopic (exact) mass is 377 g/mol. The van der Waals surface area contributed by atoms with Crippen molar-refractivity contribution in [3.8, 4) is 11.5 Å². The molecule has 1 aliphatic rings. The molecule has 1 atom stereocenters. The fourth-order valence-electron chi connectivity index (χ4n) is 3.66. The fourth-order valence-corrected chi connectivity index (χ4v) is 3.66. The van der Waals surface area contributed by atoms with Gasteiger partial charge in [0.25, 0.3) is 0 Å². The van der Waals surface area contributed by atoms with Crippen molar-refractivity contribution in [3.05, 3.63) is 23.3 Å². The molecule has 154 valence electrons. The van der Waals surface area contributed by atoms with E-state index in [0.29, 0.717) is 12.6 Å². The number of aliphatic hydroxyl groups is 1. The summed E-state index contributed by atoms with van der Waals surface area (Å²) in [7, 11) is 1.70. The molecule has 0 amide bonds. The summed E-state index contributed by atoms with van der Waals surface area (Å²) in [5.74, 6) is 1.73. The Balaban J connectivity index is 2.19. The van der Waals surface area contributed by atoms with Crippen molar-refractivity contribution in [1.82, 2.24) is 5.32 Å². The third-order valence-electron chi connectivity index (χ3n) is 5.33. The summed E-state index contributed by atoms with van der Waals surface area (Å²) in [5.41, 5.74) is 2.05. The minimum atomic E-state index is -0.520. The summed E-state index contributed by atoms with van der Waals surface area (Å²) in [4.78, 5) is 0. The van der Waals surface area contributed by atoms with E-state index < -0.39 is 6.10 Å². The van der Waals surface area contributed by atoms with Crippen molar-refractivity contribution < 1.29 is 14.6 Å². The highest BCUT2D eigenvalue weighted by molar-refractivity contribution is 5.52. The fraction of sp³-hybridized carbons (Fsp3) is 0.739. The number of rotatable bonds is 7. The maximum atomic E-state index is 10.4. The molecule has 27 heavy (non-hydrogen) atoms. The normalized spacial score (nSPS) is 17.2. The second kappa shape index (κ2) is 8.83. The lowest BCUT2D eigenvalue weighted by Gasteiger charge is -2.31. The number of hydrogen-bond acceptors (Lipinski definition) is 4. The van der Waals surface area contributed by atoms with Crippen LogP contribution in [0.1, 0.15) is 78.4 Å². The van der Waals surface area contributed by atoms with Crippen LogP contribution in [-0.2, 0) is 10.8 Å². The van der Waals surface area contributed by atoms with E-state index in [2.05, 4.69) is 59.0 Å². The van der Waals surface area contributed by atoms with Gasteiger partial charge in [0.2, 0.25) is 0 Å². The number of nitrogens with one attached hydrogen (secondary N) is 1. The van der Waals surface area contributed by atoms with Crippen molar-refractivity contribution in [2.45, 2.75) is 90.2 Å². The summed E-state index contributed by atoms with van der Waals surface area (Å²) < 4.78 is 11.8. The Kier molecular flexibility index (Phi) is 7.20. The van der Waals surface area contributed by atoms with Gasteiger partial charge in [-0.15, -0.1) is 0 Å². The Morgan fingerprint density at radius 1 is 1.04 bits per heavy atom. The maximum Gasteiger partial charge on any atom is 0.127 e. The third kappa shape index (κ3) is 6.11. The van der Waals surface area contributed by atoms with Gasteiger partial charge in [0.15, 0.2) is 0 Å². The molecule has 1 aromatic carbocycles. The van der Waals surface area contributed by atoms with Crippen molar-refractivity contribution in [1.29, 1.82) is 0 Å². The van der Waals surface area contributed by atoms with Gasteiger partial charge in [0.05, 0.1) is 7.11 Å². The molecule has 0 saturated heterocycles. The van der Waals surface area contributed by atoms with Gasteiger partial charge in [-0.3, -0.25) is 0 Å². The molecule has 1 fully saturated rings. The molecule has 0 bridgehead atoms. The van der Waals surface area contributed by atoms with Crippen molar-refractivity contribution >= 4 is 0 Å². The summed E-state index contributed by atoms with van der Waals surface area (Å²) in [5, 5.41) is 13.9. The first-order valence-corrected chi connectivity index (χ1v) is 10.3. The van der Waals surface area contributed by atoms with Crippen LogP contribution in [0.3, 0.4) is 0 Å². The van der Waals surface area contributed by atoms with Gasteiger partial charge in [-0.2, -0.15) is 0 Å². The van der Waals surface area contributed by atoms with E-state index >= 15 is 0 Å². The van der Waals surface area contributed by atoms with Crippen LogP contribution in [0.15, 0.2) is 12.1 Å². The van der Waals surface area contributed by atoms with Crippen LogP contribution >= 0.6 is 0 Å². The number of ether oxygens (including phenoxy) is 2.